The highest BCUT2D eigenvalue weighted by Crippen LogP contribution is 2.19. The molecule has 0 aromatic heterocycles. The highest BCUT2D eigenvalue weighted by Gasteiger charge is 2.23. The van der Waals surface area contributed by atoms with Crippen LogP contribution in [0.1, 0.15) is 25.3 Å². The molecule has 4 heteroatoms. The summed E-state index contributed by atoms with van der Waals surface area (Å²) in [4.78, 5) is 15.7. The average molecular weight is 290 g/mol. The van der Waals surface area contributed by atoms with Crippen molar-refractivity contribution in [3.63, 3.8) is 0 Å². The number of carbonyl (C=O) groups excluding carboxylic acids is 1. The molecule has 1 aromatic carbocycles. The van der Waals surface area contributed by atoms with E-state index in [9.17, 15) is 4.79 Å². The predicted molar refractivity (Wildman–Crippen MR) is 84.3 cm³/mol. The van der Waals surface area contributed by atoms with Crippen LogP contribution in [-0.2, 0) is 11.3 Å². The first-order chi connectivity index (χ1) is 10.1. The molecule has 1 heterocycles. The van der Waals surface area contributed by atoms with Gasteiger partial charge in [0.2, 0.25) is 5.91 Å². The summed E-state index contributed by atoms with van der Waals surface area (Å²) in [5.41, 5.74) is 1.27. The molecular weight excluding hydrogens is 264 g/mol. The lowest BCUT2D eigenvalue weighted by Gasteiger charge is -2.32. The molecule has 1 saturated heterocycles. The van der Waals surface area contributed by atoms with E-state index in [1.165, 1.54) is 5.56 Å². The first kappa shape index (κ1) is 15.8. The van der Waals surface area contributed by atoms with Crippen molar-refractivity contribution < 1.29 is 9.53 Å². The first-order valence-electron chi connectivity index (χ1n) is 7.72. The molecule has 0 saturated carbocycles. The van der Waals surface area contributed by atoms with Crippen LogP contribution in [0.4, 0.5) is 0 Å². The Morgan fingerprint density at radius 2 is 2.24 bits per heavy atom. The van der Waals surface area contributed by atoms with Crippen LogP contribution in [0.3, 0.4) is 0 Å². The van der Waals surface area contributed by atoms with E-state index in [1.54, 1.807) is 0 Å². The minimum atomic E-state index is 0.276. The summed E-state index contributed by atoms with van der Waals surface area (Å²) in [6.07, 6.45) is 1.70. The fraction of sp³-hybridized carbons (Fsp3) is 0.588. The zero-order chi connectivity index (χ0) is 15.2. The second kappa shape index (κ2) is 7.46. The van der Waals surface area contributed by atoms with Crippen LogP contribution >= 0.6 is 0 Å². The van der Waals surface area contributed by atoms with Gasteiger partial charge in [0, 0.05) is 33.1 Å². The quantitative estimate of drug-likeness (QED) is 0.806. The standard InChI is InChI=1S/C17H26N2O2/c1-4-21-16-7-5-6-14(10-16)11-18(2)12-15-8-9-17(20)19(3)13-15/h5-7,10,15H,4,8-9,11-13H2,1-3H3. The summed E-state index contributed by atoms with van der Waals surface area (Å²) < 4.78 is 5.54. The van der Waals surface area contributed by atoms with Crippen LogP contribution < -0.4 is 4.74 Å². The Morgan fingerprint density at radius 3 is 2.95 bits per heavy atom. The SMILES string of the molecule is CCOc1cccc(CN(C)CC2CCC(=O)N(C)C2)c1. The van der Waals surface area contributed by atoms with Crippen LogP contribution in [0.2, 0.25) is 0 Å². The third-order valence-corrected chi connectivity index (χ3v) is 3.96. The smallest absolute Gasteiger partial charge is 0.222 e. The molecule has 21 heavy (non-hydrogen) atoms. The zero-order valence-electron chi connectivity index (χ0n) is 13.3. The van der Waals surface area contributed by atoms with E-state index < -0.39 is 0 Å². The number of carbonyl (C=O) groups is 1. The van der Waals surface area contributed by atoms with Crippen molar-refractivity contribution in [2.24, 2.45) is 5.92 Å². The van der Waals surface area contributed by atoms with Gasteiger partial charge in [0.25, 0.3) is 0 Å². The minimum Gasteiger partial charge on any atom is -0.494 e. The lowest BCUT2D eigenvalue weighted by atomic mass is 9.97. The summed E-state index contributed by atoms with van der Waals surface area (Å²) in [5, 5.41) is 0. The van der Waals surface area contributed by atoms with E-state index in [-0.39, 0.29) is 5.91 Å². The van der Waals surface area contributed by atoms with Gasteiger partial charge >= 0.3 is 0 Å². The lowest BCUT2D eigenvalue weighted by molar-refractivity contribution is -0.133. The number of nitrogens with zero attached hydrogens (tertiary/aromatic N) is 2. The predicted octanol–water partition coefficient (Wildman–Crippen LogP) is 2.39. The van der Waals surface area contributed by atoms with Crippen LogP contribution in [0.25, 0.3) is 0 Å². The molecule has 1 amide bonds. The lowest BCUT2D eigenvalue weighted by Crippen LogP contribution is -2.41. The molecule has 1 aliphatic heterocycles. The van der Waals surface area contributed by atoms with Crippen LogP contribution in [0.15, 0.2) is 24.3 Å². The maximum absolute atomic E-state index is 11.5. The summed E-state index contributed by atoms with van der Waals surface area (Å²) >= 11 is 0. The first-order valence-corrected chi connectivity index (χ1v) is 7.72. The van der Waals surface area contributed by atoms with E-state index in [2.05, 4.69) is 24.1 Å². The summed E-state index contributed by atoms with van der Waals surface area (Å²) in [7, 11) is 4.05. The Morgan fingerprint density at radius 1 is 1.43 bits per heavy atom. The van der Waals surface area contributed by atoms with Crippen LogP contribution in [-0.4, -0.2) is 49.5 Å². The maximum atomic E-state index is 11.5. The molecule has 1 unspecified atom stereocenters. The fourth-order valence-corrected chi connectivity index (χ4v) is 2.97. The van der Waals surface area contributed by atoms with Crippen LogP contribution in [0.5, 0.6) is 5.75 Å². The highest BCUT2D eigenvalue weighted by atomic mass is 16.5. The molecular formula is C17H26N2O2. The average Bonchev–Trinajstić information content (AvgIpc) is 2.43. The van der Waals surface area contributed by atoms with Gasteiger partial charge in [-0.3, -0.25) is 4.79 Å². The van der Waals surface area contributed by atoms with Gasteiger partial charge in [-0.05, 0) is 44.0 Å². The molecule has 0 radical (unpaired) electrons. The number of benzene rings is 1. The molecule has 0 spiro atoms. The Kier molecular flexibility index (Phi) is 5.62. The van der Waals surface area contributed by atoms with Gasteiger partial charge < -0.3 is 14.5 Å². The van der Waals surface area contributed by atoms with Gasteiger partial charge in [0.1, 0.15) is 5.75 Å². The third-order valence-electron chi connectivity index (χ3n) is 3.96. The number of ether oxygens (including phenoxy) is 1. The van der Waals surface area contributed by atoms with Gasteiger partial charge in [0.05, 0.1) is 6.61 Å². The molecule has 2 rings (SSSR count). The van der Waals surface area contributed by atoms with Crippen LogP contribution in [0, 0.1) is 5.92 Å². The summed E-state index contributed by atoms with van der Waals surface area (Å²) in [6, 6.07) is 8.28. The van der Waals surface area contributed by atoms with Crippen molar-refractivity contribution in [3.8, 4) is 5.75 Å². The number of hydrogen-bond acceptors (Lipinski definition) is 3. The van der Waals surface area contributed by atoms with Gasteiger partial charge in [0.15, 0.2) is 0 Å². The van der Waals surface area contributed by atoms with E-state index in [1.807, 2.05) is 31.0 Å². The number of likely N-dealkylation sites (tertiary alicyclic amines) is 1. The molecule has 0 bridgehead atoms. The second-order valence-corrected chi connectivity index (χ2v) is 5.96. The zero-order valence-corrected chi connectivity index (χ0v) is 13.3. The van der Waals surface area contributed by atoms with Crippen molar-refractivity contribution in [1.82, 2.24) is 9.80 Å². The Labute approximate surface area is 127 Å². The monoisotopic (exact) mass is 290 g/mol. The molecule has 4 nitrogen and oxygen atoms in total. The van der Waals surface area contributed by atoms with Crippen molar-refractivity contribution >= 4 is 5.91 Å². The fourth-order valence-electron chi connectivity index (χ4n) is 2.97. The molecule has 1 atom stereocenters. The molecule has 1 aromatic rings. The largest absolute Gasteiger partial charge is 0.494 e. The van der Waals surface area contributed by atoms with E-state index in [0.29, 0.717) is 18.9 Å². The van der Waals surface area contributed by atoms with Crippen molar-refractivity contribution in [2.45, 2.75) is 26.3 Å². The molecule has 116 valence electrons. The topological polar surface area (TPSA) is 32.8 Å². The number of hydrogen-bond donors (Lipinski definition) is 0. The van der Waals surface area contributed by atoms with Gasteiger partial charge in [-0.15, -0.1) is 0 Å². The third kappa shape index (κ3) is 4.74. The number of amides is 1. The molecule has 1 aliphatic rings. The normalized spacial score (nSPS) is 19.1. The van der Waals surface area contributed by atoms with Gasteiger partial charge in [-0.2, -0.15) is 0 Å². The van der Waals surface area contributed by atoms with Gasteiger partial charge in [-0.25, -0.2) is 0 Å². The van der Waals surface area contributed by atoms with Crippen molar-refractivity contribution in [2.75, 3.05) is 33.8 Å². The highest BCUT2D eigenvalue weighted by molar-refractivity contribution is 5.76. The minimum absolute atomic E-state index is 0.276. The second-order valence-electron chi connectivity index (χ2n) is 5.96. The number of piperidine rings is 1. The molecule has 0 N–H and O–H groups in total. The molecule has 0 aliphatic carbocycles. The van der Waals surface area contributed by atoms with E-state index >= 15 is 0 Å². The summed E-state index contributed by atoms with van der Waals surface area (Å²) in [6.45, 7) is 5.51. The van der Waals surface area contributed by atoms with Crippen molar-refractivity contribution in [3.05, 3.63) is 29.8 Å². The van der Waals surface area contributed by atoms with Crippen molar-refractivity contribution in [1.29, 1.82) is 0 Å². The summed E-state index contributed by atoms with van der Waals surface area (Å²) in [5.74, 6) is 1.79. The van der Waals surface area contributed by atoms with E-state index in [4.69, 9.17) is 4.74 Å². The Hall–Kier alpha value is -1.55. The van der Waals surface area contributed by atoms with Gasteiger partial charge in [-0.1, -0.05) is 12.1 Å². The Bertz CT molecular complexity index is 476. The van der Waals surface area contributed by atoms with E-state index in [0.717, 1.165) is 31.8 Å². The number of rotatable bonds is 6. The molecule has 1 fully saturated rings. The Balaban J connectivity index is 1.85. The maximum Gasteiger partial charge on any atom is 0.222 e.